The van der Waals surface area contributed by atoms with Crippen molar-refractivity contribution < 1.29 is 9.18 Å². The fourth-order valence-electron chi connectivity index (χ4n) is 3.40. The lowest BCUT2D eigenvalue weighted by atomic mass is 10.1. The highest BCUT2D eigenvalue weighted by molar-refractivity contribution is 6.02. The van der Waals surface area contributed by atoms with Crippen molar-refractivity contribution in [3.8, 4) is 0 Å². The first-order valence-corrected chi connectivity index (χ1v) is 9.34. The summed E-state index contributed by atoms with van der Waals surface area (Å²) in [5.74, 6) is -0.183. The minimum absolute atomic E-state index is 0.180. The van der Waals surface area contributed by atoms with Gasteiger partial charge in [0.2, 0.25) is 0 Å². The van der Waals surface area contributed by atoms with E-state index in [1.807, 2.05) is 0 Å². The summed E-state index contributed by atoms with van der Waals surface area (Å²) in [5.41, 5.74) is 1.43. The van der Waals surface area contributed by atoms with E-state index in [4.69, 9.17) is 0 Å². The van der Waals surface area contributed by atoms with Crippen LogP contribution in [0.15, 0.2) is 30.9 Å². The summed E-state index contributed by atoms with van der Waals surface area (Å²) in [4.78, 5) is 27.2. The van der Waals surface area contributed by atoms with Gasteiger partial charge in [-0.05, 0) is 19.8 Å². The third-order valence-electron chi connectivity index (χ3n) is 5.01. The largest absolute Gasteiger partial charge is 0.352 e. The summed E-state index contributed by atoms with van der Waals surface area (Å²) in [6.07, 6.45) is 8.91. The van der Waals surface area contributed by atoms with Crippen molar-refractivity contribution in [1.82, 2.24) is 24.7 Å². The number of pyridine rings is 1. The predicted molar refractivity (Wildman–Crippen MR) is 102 cm³/mol. The maximum atomic E-state index is 14.1. The lowest BCUT2D eigenvalue weighted by Gasteiger charge is -2.40. The summed E-state index contributed by atoms with van der Waals surface area (Å²) in [6.45, 7) is 3.59. The maximum Gasteiger partial charge on any atom is 0.275 e. The predicted octanol–water partition coefficient (Wildman–Crippen LogP) is 1.76. The number of hydrogen-bond acceptors (Lipinski definition) is 6. The molecule has 28 heavy (non-hydrogen) atoms. The van der Waals surface area contributed by atoms with Crippen LogP contribution < -0.4 is 15.5 Å². The van der Waals surface area contributed by atoms with Crippen LogP contribution in [0.3, 0.4) is 0 Å². The zero-order valence-electron chi connectivity index (χ0n) is 15.4. The highest BCUT2D eigenvalue weighted by atomic mass is 19.1. The molecule has 1 aliphatic carbocycles. The molecule has 0 bridgehead atoms. The molecule has 0 radical (unpaired) electrons. The number of carbonyl (C=O) groups is 1. The number of nitrogens with one attached hydrogen (secondary N) is 2. The van der Waals surface area contributed by atoms with Gasteiger partial charge >= 0.3 is 0 Å². The number of fused-ring (bicyclic) bond motifs is 1. The van der Waals surface area contributed by atoms with Crippen molar-refractivity contribution in [2.45, 2.75) is 31.8 Å². The van der Waals surface area contributed by atoms with Gasteiger partial charge < -0.3 is 19.9 Å². The number of rotatable bonds is 5. The molecule has 3 aromatic rings. The summed E-state index contributed by atoms with van der Waals surface area (Å²) < 4.78 is 15.7. The summed E-state index contributed by atoms with van der Waals surface area (Å²) in [6, 6.07) is 2.45. The van der Waals surface area contributed by atoms with E-state index in [0.717, 1.165) is 18.9 Å². The first-order chi connectivity index (χ1) is 13.5. The molecular weight excluding hydrogens is 361 g/mol. The molecule has 1 aliphatic heterocycles. The van der Waals surface area contributed by atoms with Crippen molar-refractivity contribution in [2.75, 3.05) is 23.3 Å². The van der Waals surface area contributed by atoms with Crippen molar-refractivity contribution in [3.63, 3.8) is 0 Å². The molecule has 144 valence electrons. The minimum Gasteiger partial charge on any atom is -0.352 e. The van der Waals surface area contributed by atoms with E-state index in [9.17, 15) is 9.18 Å². The molecule has 9 heteroatoms. The molecule has 1 saturated heterocycles. The van der Waals surface area contributed by atoms with Crippen LogP contribution in [0, 0.1) is 12.7 Å². The van der Waals surface area contributed by atoms with Gasteiger partial charge in [-0.1, -0.05) is 0 Å². The van der Waals surface area contributed by atoms with Gasteiger partial charge in [-0.2, -0.15) is 0 Å². The van der Waals surface area contributed by atoms with Crippen molar-refractivity contribution in [3.05, 3.63) is 48.1 Å². The Kier molecular flexibility index (Phi) is 3.97. The molecular formula is C19H20FN7O. The zero-order valence-corrected chi connectivity index (χ0v) is 15.4. The number of carbonyl (C=O) groups excluding carboxylic acids is 1. The van der Waals surface area contributed by atoms with E-state index in [0.29, 0.717) is 23.5 Å². The minimum atomic E-state index is -0.500. The van der Waals surface area contributed by atoms with Crippen LogP contribution in [0.2, 0.25) is 0 Å². The number of amides is 1. The maximum absolute atomic E-state index is 14.1. The van der Waals surface area contributed by atoms with Crippen LogP contribution in [0.25, 0.3) is 5.65 Å². The van der Waals surface area contributed by atoms with Crippen molar-refractivity contribution >= 4 is 23.1 Å². The molecule has 8 nitrogen and oxygen atoms in total. The second-order valence-corrected chi connectivity index (χ2v) is 7.45. The summed E-state index contributed by atoms with van der Waals surface area (Å²) in [7, 11) is 0. The first kappa shape index (κ1) is 17.1. The number of aryl methyl sites for hydroxylation is 1. The normalized spacial score (nSPS) is 17.0. The van der Waals surface area contributed by atoms with Crippen molar-refractivity contribution in [2.24, 2.45) is 0 Å². The third kappa shape index (κ3) is 3.29. The SMILES string of the molecule is Cc1cn2cc(NC(=O)c3cnc(N4CC(NC5CC5)C4)cn3)cc(F)c2n1. The van der Waals surface area contributed by atoms with Gasteiger partial charge in [0.1, 0.15) is 11.5 Å². The van der Waals surface area contributed by atoms with E-state index in [2.05, 4.69) is 30.5 Å². The van der Waals surface area contributed by atoms with Crippen molar-refractivity contribution in [1.29, 1.82) is 0 Å². The Morgan fingerprint density at radius 2 is 2.00 bits per heavy atom. The summed E-state index contributed by atoms with van der Waals surface area (Å²) in [5, 5.41) is 6.23. The van der Waals surface area contributed by atoms with Gasteiger partial charge in [-0.15, -0.1) is 0 Å². The lowest BCUT2D eigenvalue weighted by molar-refractivity contribution is 0.102. The third-order valence-corrected chi connectivity index (χ3v) is 5.01. The average molecular weight is 381 g/mol. The Morgan fingerprint density at radius 3 is 2.71 bits per heavy atom. The van der Waals surface area contributed by atoms with Gasteiger partial charge in [0.25, 0.3) is 5.91 Å². The Labute approximate surface area is 160 Å². The summed E-state index contributed by atoms with van der Waals surface area (Å²) >= 11 is 0. The number of aromatic nitrogens is 4. The lowest BCUT2D eigenvalue weighted by Crippen LogP contribution is -2.59. The molecule has 5 rings (SSSR count). The van der Waals surface area contributed by atoms with Crippen LogP contribution >= 0.6 is 0 Å². The van der Waals surface area contributed by atoms with Gasteiger partial charge in [0.15, 0.2) is 11.5 Å². The van der Waals surface area contributed by atoms with Crippen LogP contribution in [0.1, 0.15) is 29.0 Å². The number of imidazole rings is 1. The Morgan fingerprint density at radius 1 is 1.18 bits per heavy atom. The average Bonchev–Trinajstić information content (AvgIpc) is 3.37. The Hall–Kier alpha value is -3.07. The highest BCUT2D eigenvalue weighted by Gasteiger charge is 2.32. The van der Waals surface area contributed by atoms with Crippen LogP contribution in [-0.2, 0) is 0 Å². The number of anilines is 2. The number of hydrogen-bond donors (Lipinski definition) is 2. The Balaban J connectivity index is 1.24. The fraction of sp³-hybridized carbons (Fsp3) is 0.368. The molecule has 3 aromatic heterocycles. The Bertz CT molecular complexity index is 1040. The molecule has 0 spiro atoms. The zero-order chi connectivity index (χ0) is 19.3. The van der Waals surface area contributed by atoms with E-state index < -0.39 is 11.7 Å². The van der Waals surface area contributed by atoms with E-state index in [-0.39, 0.29) is 11.3 Å². The van der Waals surface area contributed by atoms with Gasteiger partial charge in [0.05, 0.1) is 23.8 Å². The second kappa shape index (κ2) is 6.52. The van der Waals surface area contributed by atoms with Crippen LogP contribution in [0.5, 0.6) is 0 Å². The monoisotopic (exact) mass is 381 g/mol. The molecule has 4 heterocycles. The van der Waals surface area contributed by atoms with E-state index in [1.165, 1.54) is 25.1 Å². The van der Waals surface area contributed by atoms with Crippen LogP contribution in [0.4, 0.5) is 15.9 Å². The highest BCUT2D eigenvalue weighted by Crippen LogP contribution is 2.24. The quantitative estimate of drug-likeness (QED) is 0.700. The topological polar surface area (TPSA) is 87.5 Å². The fourth-order valence-corrected chi connectivity index (χ4v) is 3.40. The molecule has 1 amide bonds. The number of halogens is 1. The van der Waals surface area contributed by atoms with Gasteiger partial charge in [0, 0.05) is 43.6 Å². The molecule has 0 unspecified atom stereocenters. The second-order valence-electron chi connectivity index (χ2n) is 7.45. The molecule has 2 N–H and O–H groups in total. The standard InChI is InChI=1S/C19H20FN7O/c1-11-7-27-8-13(4-15(20)18(27)23-11)25-19(28)16-5-22-17(6-21-16)26-9-14(10-26)24-12-2-3-12/h4-8,12,14,24H,2-3,9-10H2,1H3,(H,25,28). The van der Waals surface area contributed by atoms with Crippen LogP contribution in [-0.4, -0.2) is 50.4 Å². The molecule has 1 saturated carbocycles. The molecule has 0 atom stereocenters. The molecule has 0 aromatic carbocycles. The smallest absolute Gasteiger partial charge is 0.275 e. The van der Waals surface area contributed by atoms with E-state index >= 15 is 0 Å². The molecule has 2 fully saturated rings. The molecule has 2 aliphatic rings. The van der Waals surface area contributed by atoms with Gasteiger partial charge in [-0.3, -0.25) is 4.79 Å². The van der Waals surface area contributed by atoms with Gasteiger partial charge in [-0.25, -0.2) is 19.3 Å². The number of nitrogens with zero attached hydrogens (tertiary/aromatic N) is 5. The first-order valence-electron chi connectivity index (χ1n) is 9.34. The van der Waals surface area contributed by atoms with E-state index in [1.54, 1.807) is 29.9 Å².